The molecule has 0 atom stereocenters. The molecule has 0 bridgehead atoms. The first-order valence-corrected chi connectivity index (χ1v) is 3.08. The third kappa shape index (κ3) is 2.73. The molecule has 0 fully saturated rings. The Balaban J connectivity index is 3.22. The Morgan fingerprint density at radius 2 is 2.50 bits per heavy atom. The van der Waals surface area contributed by atoms with Crippen LogP contribution in [0.1, 0.15) is 6.92 Å². The van der Waals surface area contributed by atoms with E-state index < -0.39 is 0 Å². The van der Waals surface area contributed by atoms with Crippen LogP contribution < -0.4 is 0 Å². The van der Waals surface area contributed by atoms with E-state index in [1.807, 2.05) is 11.9 Å². The van der Waals surface area contributed by atoms with Gasteiger partial charge in [0.15, 0.2) is 0 Å². The first kappa shape index (κ1) is 6.51. The van der Waals surface area contributed by atoms with Crippen LogP contribution in [0.5, 0.6) is 0 Å². The standard InChI is InChI=1S/C4H6BrCl/c1-4(2-5)3-6/h2H,3H2,1H3/b4-2+. The van der Waals surface area contributed by atoms with Gasteiger partial charge in [0.25, 0.3) is 0 Å². The van der Waals surface area contributed by atoms with Crippen molar-refractivity contribution in [2.45, 2.75) is 6.92 Å². The molecule has 0 aliphatic rings. The van der Waals surface area contributed by atoms with Gasteiger partial charge in [0.05, 0.1) is 0 Å². The zero-order valence-corrected chi connectivity index (χ0v) is 5.88. The summed E-state index contributed by atoms with van der Waals surface area (Å²) in [6, 6.07) is 0. The molecule has 0 spiro atoms. The van der Waals surface area contributed by atoms with E-state index in [1.54, 1.807) is 0 Å². The lowest BCUT2D eigenvalue weighted by Gasteiger charge is -1.81. The van der Waals surface area contributed by atoms with E-state index >= 15 is 0 Å². The SMILES string of the molecule is C/C(=C\Br)CCl. The summed E-state index contributed by atoms with van der Waals surface area (Å²) in [5.74, 6) is 0.616. The zero-order valence-electron chi connectivity index (χ0n) is 3.54. The fourth-order valence-corrected chi connectivity index (χ4v) is 0.455. The highest BCUT2D eigenvalue weighted by Gasteiger charge is 1.76. The largest absolute Gasteiger partial charge is 0.122 e. The maximum atomic E-state index is 5.35. The van der Waals surface area contributed by atoms with Crippen LogP contribution in [-0.2, 0) is 0 Å². The van der Waals surface area contributed by atoms with Crippen molar-refractivity contribution in [1.82, 2.24) is 0 Å². The second kappa shape index (κ2) is 3.69. The minimum absolute atomic E-state index is 0.616. The second-order valence-electron chi connectivity index (χ2n) is 1.09. The van der Waals surface area contributed by atoms with Crippen LogP contribution in [0.25, 0.3) is 0 Å². The monoisotopic (exact) mass is 168 g/mol. The average molecular weight is 169 g/mol. The summed E-state index contributed by atoms with van der Waals surface area (Å²) in [4.78, 5) is 1.82. The Morgan fingerprint density at radius 1 is 2.00 bits per heavy atom. The molecule has 0 saturated heterocycles. The number of hydrogen-bond donors (Lipinski definition) is 0. The van der Waals surface area contributed by atoms with Gasteiger partial charge >= 0.3 is 0 Å². The minimum Gasteiger partial charge on any atom is -0.122 e. The highest BCUT2D eigenvalue weighted by atomic mass is 79.9. The maximum Gasteiger partial charge on any atom is 0.0438 e. The summed E-state index contributed by atoms with van der Waals surface area (Å²) in [5, 5.41) is 0. The number of allylic oxidation sites excluding steroid dienone is 1. The molecule has 0 heterocycles. The topological polar surface area (TPSA) is 0 Å². The van der Waals surface area contributed by atoms with E-state index in [2.05, 4.69) is 15.9 Å². The average Bonchev–Trinajstić information content (AvgIpc) is 1.65. The van der Waals surface area contributed by atoms with Gasteiger partial charge < -0.3 is 0 Å². The molecule has 36 valence electrons. The van der Waals surface area contributed by atoms with Crippen LogP contribution in [0.15, 0.2) is 10.6 Å². The fraction of sp³-hybridized carbons (Fsp3) is 0.500. The van der Waals surface area contributed by atoms with E-state index in [9.17, 15) is 0 Å². The molecule has 2 heteroatoms. The second-order valence-corrected chi connectivity index (χ2v) is 1.81. The van der Waals surface area contributed by atoms with Gasteiger partial charge in [0.1, 0.15) is 0 Å². The highest BCUT2D eigenvalue weighted by Crippen LogP contribution is 1.97. The van der Waals surface area contributed by atoms with Crippen molar-refractivity contribution in [2.75, 3.05) is 5.88 Å². The highest BCUT2D eigenvalue weighted by molar-refractivity contribution is 9.11. The molecule has 0 nitrogen and oxygen atoms in total. The van der Waals surface area contributed by atoms with Crippen molar-refractivity contribution in [1.29, 1.82) is 0 Å². The molecule has 0 aromatic heterocycles. The molecule has 0 rings (SSSR count). The lowest BCUT2D eigenvalue weighted by atomic mass is 10.4. The molecular formula is C4H6BrCl. The van der Waals surface area contributed by atoms with Gasteiger partial charge in [-0.2, -0.15) is 0 Å². The van der Waals surface area contributed by atoms with Gasteiger partial charge in [-0.15, -0.1) is 11.6 Å². The van der Waals surface area contributed by atoms with Crippen LogP contribution in [0.3, 0.4) is 0 Å². The fourth-order valence-electron chi connectivity index (χ4n) is 0.0292. The summed E-state index contributed by atoms with van der Waals surface area (Å²) in [7, 11) is 0. The summed E-state index contributed by atoms with van der Waals surface area (Å²) in [6.45, 7) is 1.96. The van der Waals surface area contributed by atoms with Crippen LogP contribution in [0.4, 0.5) is 0 Å². The molecule has 0 aliphatic heterocycles. The van der Waals surface area contributed by atoms with Crippen molar-refractivity contribution >= 4 is 27.5 Å². The van der Waals surface area contributed by atoms with E-state index in [0.29, 0.717) is 5.88 Å². The zero-order chi connectivity index (χ0) is 4.99. The molecule has 0 saturated carbocycles. The third-order valence-electron chi connectivity index (χ3n) is 0.397. The predicted molar refractivity (Wildman–Crippen MR) is 33.4 cm³/mol. The van der Waals surface area contributed by atoms with Crippen molar-refractivity contribution in [2.24, 2.45) is 0 Å². The van der Waals surface area contributed by atoms with E-state index in [0.717, 1.165) is 5.57 Å². The Bertz CT molecular complexity index is 58.6. The van der Waals surface area contributed by atoms with E-state index in [1.165, 1.54) is 0 Å². The predicted octanol–water partition coefficient (Wildman–Crippen LogP) is 2.52. The Hall–Kier alpha value is 0.510. The molecule has 0 aromatic carbocycles. The van der Waals surface area contributed by atoms with Crippen LogP contribution in [-0.4, -0.2) is 5.88 Å². The summed E-state index contributed by atoms with van der Waals surface area (Å²) in [5.41, 5.74) is 1.15. The molecule has 0 aromatic rings. The third-order valence-corrected chi connectivity index (χ3v) is 1.60. The van der Waals surface area contributed by atoms with Gasteiger partial charge in [-0.1, -0.05) is 21.5 Å². The lowest BCUT2D eigenvalue weighted by Crippen LogP contribution is -1.68. The van der Waals surface area contributed by atoms with E-state index in [4.69, 9.17) is 11.6 Å². The van der Waals surface area contributed by atoms with Crippen molar-refractivity contribution in [3.63, 3.8) is 0 Å². The normalized spacial score (nSPS) is 12.2. The number of alkyl halides is 1. The lowest BCUT2D eigenvalue weighted by molar-refractivity contribution is 1.43. The molecular weight excluding hydrogens is 163 g/mol. The molecule has 0 radical (unpaired) electrons. The van der Waals surface area contributed by atoms with Crippen molar-refractivity contribution < 1.29 is 0 Å². The molecule has 0 N–H and O–H groups in total. The van der Waals surface area contributed by atoms with Crippen LogP contribution in [0, 0.1) is 0 Å². The maximum absolute atomic E-state index is 5.35. The summed E-state index contributed by atoms with van der Waals surface area (Å²) in [6.07, 6.45) is 0. The number of halogens is 2. The van der Waals surface area contributed by atoms with Crippen LogP contribution >= 0.6 is 27.5 Å². The minimum atomic E-state index is 0.616. The number of rotatable bonds is 1. The smallest absolute Gasteiger partial charge is 0.0438 e. The van der Waals surface area contributed by atoms with Gasteiger partial charge in [-0.25, -0.2) is 0 Å². The quantitative estimate of drug-likeness (QED) is 0.529. The molecule has 0 amide bonds. The first-order chi connectivity index (χ1) is 2.81. The Kier molecular flexibility index (Phi) is 4.01. The Labute approximate surface area is 51.3 Å². The van der Waals surface area contributed by atoms with Gasteiger partial charge in [0.2, 0.25) is 0 Å². The molecule has 0 unspecified atom stereocenters. The summed E-state index contributed by atoms with van der Waals surface area (Å²) < 4.78 is 0. The van der Waals surface area contributed by atoms with Crippen LogP contribution in [0.2, 0.25) is 0 Å². The van der Waals surface area contributed by atoms with E-state index in [-0.39, 0.29) is 0 Å². The van der Waals surface area contributed by atoms with Crippen molar-refractivity contribution in [3.05, 3.63) is 10.6 Å². The molecule has 0 aliphatic carbocycles. The number of hydrogen-bond acceptors (Lipinski definition) is 0. The molecule has 6 heavy (non-hydrogen) atoms. The van der Waals surface area contributed by atoms with Gasteiger partial charge in [-0.05, 0) is 11.9 Å². The van der Waals surface area contributed by atoms with Gasteiger partial charge in [-0.3, -0.25) is 0 Å². The Morgan fingerprint density at radius 3 is 2.50 bits per heavy atom. The summed E-state index contributed by atoms with van der Waals surface area (Å²) >= 11 is 8.48. The van der Waals surface area contributed by atoms with Crippen molar-refractivity contribution in [3.8, 4) is 0 Å². The van der Waals surface area contributed by atoms with Gasteiger partial charge in [0, 0.05) is 5.88 Å². The first-order valence-electron chi connectivity index (χ1n) is 1.63.